The first kappa shape index (κ1) is 18.6. The highest BCUT2D eigenvalue weighted by Gasteiger charge is 2.10. The number of allylic oxidation sites excluding steroid dienone is 5. The second kappa shape index (κ2) is 11.2. The molecule has 0 spiro atoms. The van der Waals surface area contributed by atoms with Crippen LogP contribution < -0.4 is 0 Å². The Bertz CT molecular complexity index is 551. The van der Waals surface area contributed by atoms with E-state index in [0.717, 1.165) is 32.1 Å². The molecule has 1 rings (SSSR count). The van der Waals surface area contributed by atoms with Gasteiger partial charge in [0.25, 0.3) is 0 Å². The van der Waals surface area contributed by atoms with E-state index in [9.17, 15) is 4.79 Å². The lowest BCUT2D eigenvalue weighted by Crippen LogP contribution is -2.01. The van der Waals surface area contributed by atoms with Crippen LogP contribution in [0.25, 0.3) is 5.57 Å². The number of hydrogen-bond donors (Lipinski definition) is 0. The van der Waals surface area contributed by atoms with Crippen LogP contribution in [0.4, 0.5) is 0 Å². The Morgan fingerprint density at radius 1 is 1.27 bits per heavy atom. The van der Waals surface area contributed by atoms with Crippen molar-refractivity contribution in [1.29, 1.82) is 0 Å². The minimum atomic E-state index is 0.475. The number of hydrogen-bond acceptors (Lipinski definition) is 1. The number of unbranched alkanes of at least 4 members (excludes halogenated alkanes) is 3. The highest BCUT2D eigenvalue weighted by Crippen LogP contribution is 2.28. The Labute approximate surface area is 137 Å². The maximum atomic E-state index is 10.1. The molecular weight excluding hydrogens is 287 g/mol. The van der Waals surface area contributed by atoms with E-state index in [0.29, 0.717) is 5.66 Å². The Hall–Kier alpha value is -1.42. The van der Waals surface area contributed by atoms with Gasteiger partial charge in [-0.1, -0.05) is 49.4 Å². The molecule has 0 aromatic heterocycles. The Morgan fingerprint density at radius 2 is 2.00 bits per heavy atom. The molecule has 0 N–H and O–H groups in total. The summed E-state index contributed by atoms with van der Waals surface area (Å²) in [7, 11) is 2.95. The molecule has 2 heteroatoms. The maximum absolute atomic E-state index is 10.1. The van der Waals surface area contributed by atoms with Crippen molar-refractivity contribution in [2.24, 2.45) is 0 Å². The topological polar surface area (TPSA) is 17.1 Å². The summed E-state index contributed by atoms with van der Waals surface area (Å²) >= 11 is 0. The van der Waals surface area contributed by atoms with Gasteiger partial charge < -0.3 is 0 Å². The highest BCUT2D eigenvalue weighted by molar-refractivity contribution is 7.18. The lowest BCUT2D eigenvalue weighted by molar-refractivity contribution is 0.567. The third kappa shape index (κ3) is 6.56. The lowest BCUT2D eigenvalue weighted by Gasteiger charge is -2.16. The highest BCUT2D eigenvalue weighted by atomic mass is 31.0. The fourth-order valence-electron chi connectivity index (χ4n) is 2.37. The fourth-order valence-corrected chi connectivity index (χ4v) is 2.66. The quantitative estimate of drug-likeness (QED) is 0.253. The molecule has 0 saturated heterocycles. The first-order valence-corrected chi connectivity index (χ1v) is 8.75. The molecule has 0 heterocycles. The SMILES string of the molecule is CCC(P)/C(=C\C=CCCCCC=C=O)c1ccccc1C. The van der Waals surface area contributed by atoms with Gasteiger partial charge in [0.1, 0.15) is 5.94 Å². The summed E-state index contributed by atoms with van der Waals surface area (Å²) in [5.74, 6) is 1.82. The van der Waals surface area contributed by atoms with Crippen molar-refractivity contribution in [2.45, 2.75) is 51.6 Å². The molecule has 118 valence electrons. The fraction of sp³-hybridized carbons (Fsp3) is 0.400. The van der Waals surface area contributed by atoms with Gasteiger partial charge in [0.05, 0.1) is 0 Å². The first-order chi connectivity index (χ1) is 10.7. The van der Waals surface area contributed by atoms with Gasteiger partial charge in [-0.25, -0.2) is 4.79 Å². The van der Waals surface area contributed by atoms with Gasteiger partial charge in [-0.3, -0.25) is 0 Å². The summed E-state index contributed by atoms with van der Waals surface area (Å²) < 4.78 is 0. The summed E-state index contributed by atoms with van der Waals surface area (Å²) in [6.45, 7) is 4.38. The van der Waals surface area contributed by atoms with Crippen LogP contribution in [0.2, 0.25) is 0 Å². The van der Waals surface area contributed by atoms with E-state index in [4.69, 9.17) is 0 Å². The summed E-state index contributed by atoms with van der Waals surface area (Å²) in [6.07, 6.45) is 13.4. The first-order valence-electron chi connectivity index (χ1n) is 8.08. The van der Waals surface area contributed by atoms with Gasteiger partial charge in [-0.2, -0.15) is 0 Å². The molecule has 22 heavy (non-hydrogen) atoms. The van der Waals surface area contributed by atoms with Crippen LogP contribution >= 0.6 is 9.24 Å². The third-order valence-corrected chi connectivity index (χ3v) is 4.59. The van der Waals surface area contributed by atoms with Crippen molar-refractivity contribution in [2.75, 3.05) is 0 Å². The van der Waals surface area contributed by atoms with Crippen LogP contribution in [0.5, 0.6) is 0 Å². The monoisotopic (exact) mass is 314 g/mol. The summed E-state index contributed by atoms with van der Waals surface area (Å²) in [5, 5.41) is 0. The molecular formula is C20H27OP. The van der Waals surface area contributed by atoms with Gasteiger partial charge >= 0.3 is 0 Å². The normalized spacial score (nSPS) is 13.1. The largest absolute Gasteiger partial charge is 0.234 e. The summed E-state index contributed by atoms with van der Waals surface area (Å²) in [4.78, 5) is 10.1. The van der Waals surface area contributed by atoms with Gasteiger partial charge in [-0.15, -0.1) is 9.24 Å². The molecule has 1 aromatic rings. The summed E-state index contributed by atoms with van der Waals surface area (Å²) in [5.41, 5.74) is 4.52. The van der Waals surface area contributed by atoms with Crippen molar-refractivity contribution in [3.05, 3.63) is 59.7 Å². The number of benzene rings is 1. The minimum Gasteiger partial charge on any atom is -0.234 e. The molecule has 0 aliphatic heterocycles. The van der Waals surface area contributed by atoms with E-state index >= 15 is 0 Å². The summed E-state index contributed by atoms with van der Waals surface area (Å²) in [6, 6.07) is 8.56. The molecule has 0 bridgehead atoms. The lowest BCUT2D eigenvalue weighted by atomic mass is 9.96. The molecule has 1 nitrogen and oxygen atoms in total. The molecule has 1 aromatic carbocycles. The zero-order valence-corrected chi connectivity index (χ0v) is 14.9. The van der Waals surface area contributed by atoms with E-state index in [2.05, 4.69) is 65.6 Å². The Kier molecular flexibility index (Phi) is 9.47. The van der Waals surface area contributed by atoms with E-state index in [-0.39, 0.29) is 0 Å². The van der Waals surface area contributed by atoms with Gasteiger partial charge in [-0.05, 0) is 67.5 Å². The average molecular weight is 314 g/mol. The molecule has 0 saturated carbocycles. The van der Waals surface area contributed by atoms with Crippen molar-refractivity contribution in [3.63, 3.8) is 0 Å². The van der Waals surface area contributed by atoms with E-state index < -0.39 is 0 Å². The van der Waals surface area contributed by atoms with Gasteiger partial charge in [0, 0.05) is 0 Å². The van der Waals surface area contributed by atoms with Crippen LogP contribution in [0.15, 0.2) is 48.6 Å². The van der Waals surface area contributed by atoms with Crippen molar-refractivity contribution in [1.82, 2.24) is 0 Å². The zero-order valence-electron chi connectivity index (χ0n) is 13.7. The molecule has 2 atom stereocenters. The van der Waals surface area contributed by atoms with Crippen molar-refractivity contribution in [3.8, 4) is 0 Å². The predicted octanol–water partition coefficient (Wildman–Crippen LogP) is 5.54. The molecule has 0 aliphatic rings. The standard InChI is InChI=1S/C20H27OP/c1-3-20(22)19(18-14-11-10-13-17(18)2)15-9-7-5-4-6-8-12-16-21/h7,9-15,20H,3-6,8,22H2,1-2H3/b9-7?,19-15-. The zero-order chi connectivity index (χ0) is 16.2. The van der Waals surface area contributed by atoms with E-state index in [1.54, 1.807) is 6.08 Å². The van der Waals surface area contributed by atoms with Gasteiger partial charge in [0.2, 0.25) is 0 Å². The molecule has 2 unspecified atom stereocenters. The van der Waals surface area contributed by atoms with Crippen molar-refractivity contribution >= 4 is 20.8 Å². The van der Waals surface area contributed by atoms with Crippen LogP contribution in [-0.2, 0) is 4.79 Å². The van der Waals surface area contributed by atoms with Crippen LogP contribution in [0.3, 0.4) is 0 Å². The second-order valence-corrected chi connectivity index (χ2v) is 6.29. The molecule has 0 aliphatic carbocycles. The van der Waals surface area contributed by atoms with Crippen molar-refractivity contribution < 1.29 is 4.79 Å². The minimum absolute atomic E-state index is 0.475. The number of rotatable bonds is 9. The van der Waals surface area contributed by atoms with E-state index in [1.807, 2.05) is 5.94 Å². The number of carbonyl (C=O) groups excluding carboxylic acids is 1. The Balaban J connectivity index is 2.68. The predicted molar refractivity (Wildman–Crippen MR) is 101 cm³/mol. The Morgan fingerprint density at radius 3 is 2.68 bits per heavy atom. The molecule has 0 amide bonds. The van der Waals surface area contributed by atoms with E-state index in [1.165, 1.54) is 16.7 Å². The smallest absolute Gasteiger partial charge is 0.120 e. The average Bonchev–Trinajstić information content (AvgIpc) is 2.54. The number of aryl methyl sites for hydroxylation is 1. The van der Waals surface area contributed by atoms with Crippen LogP contribution in [-0.4, -0.2) is 11.6 Å². The molecule has 0 radical (unpaired) electrons. The second-order valence-electron chi connectivity index (χ2n) is 5.49. The van der Waals surface area contributed by atoms with Gasteiger partial charge in [0.15, 0.2) is 0 Å². The molecule has 0 fully saturated rings. The third-order valence-electron chi connectivity index (χ3n) is 3.76. The van der Waals surface area contributed by atoms with Crippen LogP contribution in [0, 0.1) is 6.92 Å². The maximum Gasteiger partial charge on any atom is 0.120 e. The van der Waals surface area contributed by atoms with Crippen LogP contribution in [0.1, 0.15) is 50.2 Å².